The number of hydrogen-bond donors (Lipinski definition) is 0. The first-order valence-electron chi connectivity index (χ1n) is 9.74. The summed E-state index contributed by atoms with van der Waals surface area (Å²) < 4.78 is 5.11. The second kappa shape index (κ2) is 9.34. The molecule has 0 unspecified atom stereocenters. The van der Waals surface area contributed by atoms with Gasteiger partial charge in [-0.3, -0.25) is 9.59 Å². The van der Waals surface area contributed by atoms with Crippen LogP contribution in [0.1, 0.15) is 41.0 Å². The second-order valence-electron chi connectivity index (χ2n) is 7.11. The Balaban J connectivity index is 1.86. The quantitative estimate of drug-likeness (QED) is 0.716. The monoisotopic (exact) mass is 400 g/mol. The van der Waals surface area contributed by atoms with Crippen molar-refractivity contribution in [1.82, 2.24) is 9.80 Å². The van der Waals surface area contributed by atoms with E-state index in [-0.39, 0.29) is 24.4 Å². The highest BCUT2D eigenvalue weighted by molar-refractivity contribution is 7.10. The van der Waals surface area contributed by atoms with E-state index >= 15 is 0 Å². The molecule has 1 aliphatic rings. The van der Waals surface area contributed by atoms with Gasteiger partial charge in [-0.05, 0) is 35.9 Å². The molecule has 5 nitrogen and oxygen atoms in total. The lowest BCUT2D eigenvalue weighted by Crippen LogP contribution is -2.47. The molecule has 2 aromatic rings. The maximum absolute atomic E-state index is 13.3. The summed E-state index contributed by atoms with van der Waals surface area (Å²) in [5.74, 6) is -0.0363. The standard InChI is InChI=1S/C22H28N2O3S/c1-4-20(25)23(12-13-27-3)15-21(26)24-11-9-19-18(10-14-28-19)22(24)17-7-5-16(2)6-8-17/h5-8,10,14,22H,4,9,11-13,15H2,1-3H3/t22-/m1/s1. The van der Waals surface area contributed by atoms with E-state index in [1.54, 1.807) is 23.3 Å². The number of carbonyl (C=O) groups excluding carboxylic acids is 2. The third-order valence-corrected chi connectivity index (χ3v) is 6.22. The average Bonchev–Trinajstić information content (AvgIpc) is 3.19. The summed E-state index contributed by atoms with van der Waals surface area (Å²) in [5.41, 5.74) is 3.52. The maximum Gasteiger partial charge on any atom is 0.242 e. The number of methoxy groups -OCH3 is 1. The number of hydrogen-bond acceptors (Lipinski definition) is 4. The number of rotatable bonds is 7. The van der Waals surface area contributed by atoms with E-state index in [1.165, 1.54) is 16.0 Å². The third kappa shape index (κ3) is 4.45. The van der Waals surface area contributed by atoms with Gasteiger partial charge in [0.25, 0.3) is 0 Å². The van der Waals surface area contributed by atoms with E-state index in [1.807, 2.05) is 11.8 Å². The number of amides is 2. The van der Waals surface area contributed by atoms with Crippen LogP contribution in [-0.2, 0) is 20.7 Å². The van der Waals surface area contributed by atoms with E-state index in [0.29, 0.717) is 26.1 Å². The SMILES string of the molecule is CCC(=O)N(CCOC)CC(=O)N1CCc2sccc2[C@H]1c1ccc(C)cc1. The fourth-order valence-corrected chi connectivity index (χ4v) is 4.57. The highest BCUT2D eigenvalue weighted by Crippen LogP contribution is 2.37. The summed E-state index contributed by atoms with van der Waals surface area (Å²) in [4.78, 5) is 30.4. The molecule has 0 saturated heterocycles. The first-order valence-corrected chi connectivity index (χ1v) is 10.6. The molecule has 3 rings (SSSR count). The van der Waals surface area contributed by atoms with Crippen molar-refractivity contribution < 1.29 is 14.3 Å². The number of nitrogens with zero attached hydrogens (tertiary/aromatic N) is 2. The molecule has 0 aliphatic carbocycles. The third-order valence-electron chi connectivity index (χ3n) is 5.23. The van der Waals surface area contributed by atoms with Gasteiger partial charge in [0.2, 0.25) is 11.8 Å². The molecule has 0 bridgehead atoms. The summed E-state index contributed by atoms with van der Waals surface area (Å²) >= 11 is 1.76. The summed E-state index contributed by atoms with van der Waals surface area (Å²) in [6, 6.07) is 10.4. The summed E-state index contributed by atoms with van der Waals surface area (Å²) in [6.07, 6.45) is 1.24. The van der Waals surface area contributed by atoms with Gasteiger partial charge in [0.15, 0.2) is 0 Å². The molecule has 6 heteroatoms. The van der Waals surface area contributed by atoms with Crippen LogP contribution >= 0.6 is 11.3 Å². The van der Waals surface area contributed by atoms with E-state index < -0.39 is 0 Å². The Hall–Kier alpha value is -2.18. The predicted octanol–water partition coefficient (Wildman–Crippen LogP) is 3.42. The van der Waals surface area contributed by atoms with Crippen molar-refractivity contribution in [1.29, 1.82) is 0 Å². The van der Waals surface area contributed by atoms with Crippen molar-refractivity contribution in [2.75, 3.05) is 33.4 Å². The van der Waals surface area contributed by atoms with Gasteiger partial charge >= 0.3 is 0 Å². The molecule has 0 spiro atoms. The second-order valence-corrected chi connectivity index (χ2v) is 8.11. The number of carbonyl (C=O) groups is 2. The Morgan fingerprint density at radius 1 is 1.25 bits per heavy atom. The van der Waals surface area contributed by atoms with Crippen LogP contribution in [0.3, 0.4) is 0 Å². The van der Waals surface area contributed by atoms with Gasteiger partial charge in [0, 0.05) is 31.5 Å². The van der Waals surface area contributed by atoms with E-state index in [4.69, 9.17) is 4.74 Å². The molecular formula is C22H28N2O3S. The van der Waals surface area contributed by atoms with Crippen LogP contribution in [0.2, 0.25) is 0 Å². The number of thiophene rings is 1. The number of aryl methyl sites for hydroxylation is 1. The first kappa shape index (κ1) is 20.6. The van der Waals surface area contributed by atoms with Crippen LogP contribution in [0.4, 0.5) is 0 Å². The molecule has 0 fully saturated rings. The normalized spacial score (nSPS) is 16.0. The Bertz CT molecular complexity index is 815. The van der Waals surface area contributed by atoms with Gasteiger partial charge in [-0.1, -0.05) is 36.8 Å². The van der Waals surface area contributed by atoms with Crippen LogP contribution in [0.15, 0.2) is 35.7 Å². The van der Waals surface area contributed by atoms with Crippen molar-refractivity contribution in [2.45, 2.75) is 32.7 Å². The maximum atomic E-state index is 13.3. The Labute approximate surface area is 170 Å². The summed E-state index contributed by atoms with van der Waals surface area (Å²) in [7, 11) is 1.60. The Morgan fingerprint density at radius 2 is 2.00 bits per heavy atom. The average molecular weight is 401 g/mol. The van der Waals surface area contributed by atoms with Crippen molar-refractivity contribution in [3.05, 3.63) is 57.3 Å². The fourth-order valence-electron chi connectivity index (χ4n) is 3.66. The smallest absolute Gasteiger partial charge is 0.242 e. The topological polar surface area (TPSA) is 49.9 Å². The van der Waals surface area contributed by atoms with Crippen LogP contribution in [0.5, 0.6) is 0 Å². The minimum atomic E-state index is -0.0934. The van der Waals surface area contributed by atoms with Gasteiger partial charge in [-0.15, -0.1) is 11.3 Å². The van der Waals surface area contributed by atoms with Crippen molar-refractivity contribution in [3.63, 3.8) is 0 Å². The number of fused-ring (bicyclic) bond motifs is 1. The van der Waals surface area contributed by atoms with Crippen LogP contribution in [-0.4, -0.2) is 55.0 Å². The van der Waals surface area contributed by atoms with Gasteiger partial charge in [-0.25, -0.2) is 0 Å². The van der Waals surface area contributed by atoms with Gasteiger partial charge in [-0.2, -0.15) is 0 Å². The lowest BCUT2D eigenvalue weighted by Gasteiger charge is -2.37. The highest BCUT2D eigenvalue weighted by Gasteiger charge is 2.33. The number of ether oxygens (including phenoxy) is 1. The molecule has 0 N–H and O–H groups in total. The van der Waals surface area contributed by atoms with Gasteiger partial charge in [0.05, 0.1) is 19.2 Å². The zero-order valence-electron chi connectivity index (χ0n) is 16.8. The van der Waals surface area contributed by atoms with Crippen LogP contribution in [0, 0.1) is 6.92 Å². The van der Waals surface area contributed by atoms with Crippen LogP contribution in [0.25, 0.3) is 0 Å². The molecule has 2 heterocycles. The van der Waals surface area contributed by atoms with Crippen molar-refractivity contribution in [3.8, 4) is 0 Å². The van der Waals surface area contributed by atoms with E-state index in [0.717, 1.165) is 12.0 Å². The lowest BCUT2D eigenvalue weighted by atomic mass is 9.92. The van der Waals surface area contributed by atoms with E-state index in [2.05, 4.69) is 42.6 Å². The Morgan fingerprint density at radius 3 is 2.68 bits per heavy atom. The molecule has 2 amide bonds. The molecule has 0 saturated carbocycles. The van der Waals surface area contributed by atoms with E-state index in [9.17, 15) is 9.59 Å². The lowest BCUT2D eigenvalue weighted by molar-refractivity contribution is -0.142. The summed E-state index contributed by atoms with van der Waals surface area (Å²) in [5, 5.41) is 2.10. The Kier molecular flexibility index (Phi) is 6.86. The first-order chi connectivity index (χ1) is 13.5. The molecular weight excluding hydrogens is 372 g/mol. The van der Waals surface area contributed by atoms with Crippen molar-refractivity contribution >= 4 is 23.2 Å². The number of benzene rings is 1. The molecule has 1 aromatic carbocycles. The molecule has 1 atom stereocenters. The largest absolute Gasteiger partial charge is 0.383 e. The summed E-state index contributed by atoms with van der Waals surface area (Å²) in [6.45, 7) is 5.51. The van der Waals surface area contributed by atoms with Gasteiger partial charge < -0.3 is 14.5 Å². The zero-order chi connectivity index (χ0) is 20.1. The van der Waals surface area contributed by atoms with Crippen molar-refractivity contribution in [2.24, 2.45) is 0 Å². The zero-order valence-corrected chi connectivity index (χ0v) is 17.6. The van der Waals surface area contributed by atoms with Gasteiger partial charge in [0.1, 0.15) is 0 Å². The molecule has 28 heavy (non-hydrogen) atoms. The molecule has 0 radical (unpaired) electrons. The van der Waals surface area contributed by atoms with Crippen LogP contribution < -0.4 is 0 Å². The highest BCUT2D eigenvalue weighted by atomic mass is 32.1. The predicted molar refractivity (Wildman–Crippen MR) is 112 cm³/mol. The fraction of sp³-hybridized carbons (Fsp3) is 0.455. The molecule has 1 aliphatic heterocycles. The molecule has 150 valence electrons. The minimum Gasteiger partial charge on any atom is -0.383 e. The molecule has 1 aromatic heterocycles. The minimum absolute atomic E-state index is 0.0136.